The molecule has 0 aliphatic carbocycles. The van der Waals surface area contributed by atoms with Gasteiger partial charge >= 0.3 is 51.4 Å². The van der Waals surface area contributed by atoms with Crippen LogP contribution in [0.5, 0.6) is 0 Å². The molecule has 0 aliphatic heterocycles. The van der Waals surface area contributed by atoms with Gasteiger partial charge in [0, 0.05) is 14.1 Å². The van der Waals surface area contributed by atoms with E-state index in [1.807, 2.05) is 0 Å². The molecule has 0 aromatic heterocycles. The molecule has 0 aliphatic rings. The van der Waals surface area contributed by atoms with E-state index in [2.05, 4.69) is 30.2 Å². The second-order valence-electron chi connectivity index (χ2n) is 1.52. The minimum atomic E-state index is -0.500. The summed E-state index contributed by atoms with van der Waals surface area (Å²) in [5.41, 5.74) is 4.40. The second kappa shape index (κ2) is 11.0. The van der Waals surface area contributed by atoms with Crippen LogP contribution in [0.1, 0.15) is 0 Å². The number of rotatable bonds is 0. The van der Waals surface area contributed by atoms with Crippen molar-refractivity contribution in [2.75, 3.05) is 14.1 Å². The molecule has 4 N–H and O–H groups in total. The van der Waals surface area contributed by atoms with Crippen LogP contribution in [0.3, 0.4) is 0 Å². The van der Waals surface area contributed by atoms with E-state index >= 15 is 0 Å². The normalized spacial score (nSPS) is 6.36. The maximum absolute atomic E-state index is 8.29. The molecular weight excluding hydrogens is 211 g/mol. The van der Waals surface area contributed by atoms with Crippen LogP contribution >= 0.6 is 24.4 Å². The average molecular weight is 222 g/mol. The molecule has 0 heterocycles. The van der Waals surface area contributed by atoms with Crippen molar-refractivity contribution in [3.05, 3.63) is 0 Å². The van der Waals surface area contributed by atoms with Gasteiger partial charge in [-0.15, -0.1) is 0 Å². The summed E-state index contributed by atoms with van der Waals surface area (Å²) in [6.45, 7) is 0. The van der Waals surface area contributed by atoms with E-state index in [-0.39, 0.29) is 56.6 Å². The monoisotopic (exact) mass is 222 g/mol. The number of nitrogens with two attached hydrogens (primary N) is 1. The molecule has 62 valence electrons. The molecule has 0 rings (SSSR count). The van der Waals surface area contributed by atoms with E-state index in [0.717, 1.165) is 0 Å². The second-order valence-corrected chi connectivity index (χ2v) is 2.30. The molecule has 0 amide bonds. The van der Waals surface area contributed by atoms with Crippen LogP contribution < -0.4 is 5.73 Å². The number of aliphatic hydroxyl groups is 2. The van der Waals surface area contributed by atoms with Gasteiger partial charge in [0.1, 0.15) is 0 Å². The maximum atomic E-state index is 8.29. The van der Waals surface area contributed by atoms with Gasteiger partial charge in [-0.3, -0.25) is 0 Å². The van der Waals surface area contributed by atoms with Crippen LogP contribution in [0.2, 0.25) is 0 Å². The molecule has 0 saturated heterocycles. The van der Waals surface area contributed by atoms with E-state index in [1.165, 1.54) is 4.90 Å². The number of thiocarbonyl (C=S) groups is 2. The van der Waals surface area contributed by atoms with E-state index in [9.17, 15) is 0 Å². The fourth-order valence-electron chi connectivity index (χ4n) is 0. The Balaban J connectivity index is -0.000000114. The van der Waals surface area contributed by atoms with Crippen LogP contribution in [0.25, 0.3) is 0 Å². The summed E-state index contributed by atoms with van der Waals surface area (Å²) in [5, 5.41) is 15.3. The summed E-state index contributed by atoms with van der Waals surface area (Å²) in [6, 6.07) is 0. The summed E-state index contributed by atoms with van der Waals surface area (Å²) in [5.74, 6) is 0. The van der Waals surface area contributed by atoms with Crippen LogP contribution in [-0.2, 0) is 0 Å². The van der Waals surface area contributed by atoms with Crippen molar-refractivity contribution in [3.8, 4) is 0 Å². The van der Waals surface area contributed by atoms with Crippen molar-refractivity contribution >= 4 is 86.2 Å². The molecule has 0 spiro atoms. The molecule has 0 atom stereocenters. The first kappa shape index (κ1) is 17.9. The van der Waals surface area contributed by atoms with Gasteiger partial charge in [-0.25, -0.2) is 0 Å². The number of aliphatic hydroxyl groups excluding tert-OH is 2. The third kappa shape index (κ3) is 35.6. The van der Waals surface area contributed by atoms with Crippen LogP contribution in [-0.4, -0.2) is 90.9 Å². The van der Waals surface area contributed by atoms with E-state index < -0.39 is 5.17 Å². The molecule has 11 heavy (non-hydrogen) atoms. The first-order valence-electron chi connectivity index (χ1n) is 2.26. The predicted molar refractivity (Wildman–Crippen MR) is 55.5 cm³/mol. The van der Waals surface area contributed by atoms with Crippen molar-refractivity contribution in [1.82, 2.24) is 4.90 Å². The summed E-state index contributed by atoms with van der Waals surface area (Å²) in [4.78, 5) is 1.45. The standard InChI is InChI=1S/C3H7NOS.CH3NOS.K.H/c1-4(2)3(5)6;2-1(3)4;;/h1-2H3,(H,5,6);(H3,2,3,4);;. The number of hydrogen-bond acceptors (Lipinski definition) is 2. The number of nitrogens with zero attached hydrogens (tertiary/aromatic N) is 1. The van der Waals surface area contributed by atoms with E-state index in [1.54, 1.807) is 14.1 Å². The SMILES string of the molecule is CN(C)C(O)=S.NC(O)=S.[KH]. The Morgan fingerprint density at radius 2 is 1.36 bits per heavy atom. The van der Waals surface area contributed by atoms with Crippen LogP contribution in [0, 0.1) is 0 Å². The van der Waals surface area contributed by atoms with Crippen molar-refractivity contribution in [1.29, 1.82) is 0 Å². The zero-order valence-electron chi connectivity index (χ0n) is 5.74. The molecule has 0 fully saturated rings. The molecule has 7 heteroatoms. The van der Waals surface area contributed by atoms with Gasteiger partial charge in [-0.1, -0.05) is 0 Å². The third-order valence-corrected chi connectivity index (χ3v) is 0.748. The van der Waals surface area contributed by atoms with Gasteiger partial charge in [-0.2, -0.15) is 0 Å². The first-order chi connectivity index (χ1) is 4.37. The zero-order chi connectivity index (χ0) is 8.73. The van der Waals surface area contributed by atoms with Gasteiger partial charge < -0.3 is 20.8 Å². The molecule has 0 bridgehead atoms. The van der Waals surface area contributed by atoms with Crippen LogP contribution in [0.4, 0.5) is 0 Å². The Labute approximate surface area is 119 Å². The minimum absolute atomic E-state index is 0. The predicted octanol–water partition coefficient (Wildman–Crippen LogP) is -0.470. The molecule has 0 unspecified atom stereocenters. The van der Waals surface area contributed by atoms with Gasteiger partial charge in [0.2, 0.25) is 0 Å². The van der Waals surface area contributed by atoms with Crippen molar-refractivity contribution < 1.29 is 10.2 Å². The van der Waals surface area contributed by atoms with Gasteiger partial charge in [0.25, 0.3) is 10.3 Å². The molecule has 4 nitrogen and oxygen atoms in total. The summed E-state index contributed by atoms with van der Waals surface area (Å²) >= 11 is 8.17. The van der Waals surface area contributed by atoms with Gasteiger partial charge in [-0.05, 0) is 24.4 Å². The topological polar surface area (TPSA) is 69.7 Å². The molecule has 0 saturated carbocycles. The number of hydrogen-bond donors (Lipinski definition) is 3. The summed E-state index contributed by atoms with van der Waals surface area (Å²) in [7, 11) is 3.37. The first-order valence-corrected chi connectivity index (χ1v) is 3.08. The van der Waals surface area contributed by atoms with Gasteiger partial charge in [0.15, 0.2) is 0 Å². The molecular formula is C4H11KN2O2S2. The summed E-state index contributed by atoms with van der Waals surface area (Å²) < 4.78 is 0. The van der Waals surface area contributed by atoms with Crippen molar-refractivity contribution in [3.63, 3.8) is 0 Å². The fourth-order valence-corrected chi connectivity index (χ4v) is 0. The van der Waals surface area contributed by atoms with Crippen molar-refractivity contribution in [2.24, 2.45) is 5.73 Å². The van der Waals surface area contributed by atoms with Crippen molar-refractivity contribution in [2.45, 2.75) is 0 Å². The summed E-state index contributed by atoms with van der Waals surface area (Å²) in [6.07, 6.45) is 0. The molecule has 0 aromatic carbocycles. The zero-order valence-corrected chi connectivity index (χ0v) is 7.37. The van der Waals surface area contributed by atoms with Crippen LogP contribution in [0.15, 0.2) is 0 Å². The third-order valence-electron chi connectivity index (χ3n) is 0.383. The van der Waals surface area contributed by atoms with Gasteiger partial charge in [0.05, 0.1) is 0 Å². The fraction of sp³-hybridized carbons (Fsp3) is 0.500. The quantitative estimate of drug-likeness (QED) is 0.380. The Morgan fingerprint density at radius 3 is 1.36 bits per heavy atom. The average Bonchev–Trinajstić information content (AvgIpc) is 1.63. The molecule has 0 radical (unpaired) electrons. The van der Waals surface area contributed by atoms with E-state index in [0.29, 0.717) is 0 Å². The Bertz CT molecular complexity index is 127. The Hall–Kier alpha value is 1.02. The van der Waals surface area contributed by atoms with E-state index in [4.69, 9.17) is 10.2 Å². The Kier molecular flexibility index (Phi) is 18.0. The Morgan fingerprint density at radius 1 is 1.27 bits per heavy atom. The molecule has 0 aromatic rings.